The predicted molar refractivity (Wildman–Crippen MR) is 102 cm³/mol. The van der Waals surface area contributed by atoms with Crippen LogP contribution in [0.25, 0.3) is 16.7 Å². The minimum absolute atomic E-state index is 0. The Bertz CT molecular complexity index is 893. The van der Waals surface area contributed by atoms with Crippen LogP contribution in [-0.2, 0) is 24.7 Å². The molecule has 2 aliphatic rings. The van der Waals surface area contributed by atoms with Crippen molar-refractivity contribution >= 4 is 13.6 Å². The van der Waals surface area contributed by atoms with Crippen molar-refractivity contribution < 1.29 is 49.5 Å². The van der Waals surface area contributed by atoms with Gasteiger partial charge in [-0.1, -0.05) is 0 Å². The second-order valence-electron chi connectivity index (χ2n) is 8.05. The first-order chi connectivity index (χ1) is 11.4. The summed E-state index contributed by atoms with van der Waals surface area (Å²) < 4.78 is 0.573. The Morgan fingerprint density at radius 1 is 0.846 bits per heavy atom. The van der Waals surface area contributed by atoms with E-state index in [0.717, 1.165) is 0 Å². The van der Waals surface area contributed by atoms with Crippen molar-refractivity contribution in [2.24, 2.45) is 5.92 Å². The van der Waals surface area contributed by atoms with Crippen LogP contribution in [0.15, 0.2) is 59.8 Å². The summed E-state index contributed by atoms with van der Waals surface area (Å²) in [5.41, 5.74) is 9.01. The normalized spacial score (nSPS) is 20.4. The van der Waals surface area contributed by atoms with Crippen molar-refractivity contribution in [2.75, 3.05) is 0 Å². The second-order valence-corrected chi connectivity index (χ2v) is 14.5. The van der Waals surface area contributed by atoms with Crippen molar-refractivity contribution in [3.8, 4) is 11.1 Å². The molecular weight excluding hydrogens is 454 g/mol. The van der Waals surface area contributed by atoms with Crippen LogP contribution in [0.5, 0.6) is 0 Å². The Labute approximate surface area is 185 Å². The first-order valence-corrected chi connectivity index (χ1v) is 13.7. The molecule has 0 radical (unpaired) electrons. The van der Waals surface area contributed by atoms with Crippen LogP contribution in [0.1, 0.15) is 27.2 Å². The summed E-state index contributed by atoms with van der Waals surface area (Å²) in [6, 6.07) is 15.9. The monoisotopic (exact) mass is 475 g/mol. The van der Waals surface area contributed by atoms with Crippen LogP contribution >= 0.6 is 0 Å². The van der Waals surface area contributed by atoms with Gasteiger partial charge in [0.2, 0.25) is 0 Å². The summed E-state index contributed by atoms with van der Waals surface area (Å²) in [5.74, 6) is 0.532. The number of allylic oxidation sites excluding steroid dienone is 4. The third-order valence-electron chi connectivity index (χ3n) is 5.36. The first kappa shape index (κ1) is 21.9. The van der Waals surface area contributed by atoms with Crippen LogP contribution in [0.3, 0.4) is 0 Å². The molecular formula is C22H23Cl2SiZr. The molecule has 0 saturated carbocycles. The molecule has 2 unspecified atom stereocenters. The molecule has 2 aromatic carbocycles. The molecule has 0 spiro atoms. The summed E-state index contributed by atoms with van der Waals surface area (Å²) in [5, 5.41) is 1.61. The van der Waals surface area contributed by atoms with Crippen LogP contribution in [0, 0.1) is 5.92 Å². The standard InChI is InChI=1S/C22H23Si.2ClH.Zr/c1-15-12-17(23(2,3)4)14-21(15)20-11-7-10-19-18-9-6-5-8-16(18)13-22(19)20;;;/h5-15H,1-4H3;2*1H;/q;;;+2/p-2. The quantitative estimate of drug-likeness (QED) is 0.541. The van der Waals surface area contributed by atoms with E-state index in [0.29, 0.717) is 9.54 Å². The van der Waals surface area contributed by atoms with Gasteiger partial charge in [0.25, 0.3) is 0 Å². The van der Waals surface area contributed by atoms with Gasteiger partial charge in [-0.15, -0.1) is 0 Å². The molecule has 2 aromatic rings. The fraction of sp³-hybridized carbons (Fsp3) is 0.273. The Morgan fingerprint density at radius 2 is 1.46 bits per heavy atom. The van der Waals surface area contributed by atoms with Gasteiger partial charge in [0, 0.05) is 0 Å². The number of benzene rings is 2. The molecule has 0 saturated heterocycles. The molecule has 0 N–H and O–H groups in total. The molecule has 0 bridgehead atoms. The van der Waals surface area contributed by atoms with Crippen molar-refractivity contribution in [3.05, 3.63) is 76.5 Å². The maximum atomic E-state index is 2.51. The molecule has 4 heteroatoms. The van der Waals surface area contributed by atoms with Gasteiger partial charge in [-0.2, -0.15) is 0 Å². The molecule has 0 fully saturated rings. The van der Waals surface area contributed by atoms with Gasteiger partial charge in [0.05, 0.1) is 0 Å². The van der Waals surface area contributed by atoms with Crippen molar-refractivity contribution in [1.82, 2.24) is 0 Å². The van der Waals surface area contributed by atoms with Crippen molar-refractivity contribution in [3.63, 3.8) is 0 Å². The van der Waals surface area contributed by atoms with Crippen molar-refractivity contribution in [1.29, 1.82) is 0 Å². The maximum Gasteiger partial charge on any atom is -1.00 e. The Balaban J connectivity index is 0.00000121. The van der Waals surface area contributed by atoms with Gasteiger partial charge in [0.15, 0.2) is 0 Å². The zero-order valence-electron chi connectivity index (χ0n) is 15.6. The van der Waals surface area contributed by atoms with E-state index in [1.165, 1.54) is 27.8 Å². The summed E-state index contributed by atoms with van der Waals surface area (Å²) in [6.45, 7) is 9.70. The molecule has 0 heterocycles. The number of hydrogen-bond donors (Lipinski definition) is 0. The van der Waals surface area contributed by atoms with E-state index in [2.05, 4.69) is 81.2 Å². The van der Waals surface area contributed by atoms with Crippen LogP contribution in [0.2, 0.25) is 19.6 Å². The average Bonchev–Trinajstić information content (AvgIpc) is 3.07. The number of fused-ring (bicyclic) bond motifs is 3. The smallest absolute Gasteiger partial charge is 1.00 e. The van der Waals surface area contributed by atoms with Gasteiger partial charge in [-0.05, 0) is 0 Å². The zero-order chi connectivity index (χ0) is 17.1. The third kappa shape index (κ3) is 3.51. The van der Waals surface area contributed by atoms with Gasteiger partial charge in [-0.25, -0.2) is 0 Å². The molecule has 2 atom stereocenters. The van der Waals surface area contributed by atoms with Crippen molar-refractivity contribution in [2.45, 2.75) is 30.2 Å². The predicted octanol–water partition coefficient (Wildman–Crippen LogP) is 0.148. The van der Waals surface area contributed by atoms with Gasteiger partial charge in [0.1, 0.15) is 0 Å². The molecule has 0 aromatic heterocycles. The van der Waals surface area contributed by atoms with E-state index in [1.54, 1.807) is 35.5 Å². The molecule has 0 amide bonds. The largest absolute Gasteiger partial charge is 1.00 e. The van der Waals surface area contributed by atoms with E-state index in [1.807, 2.05) is 0 Å². The van der Waals surface area contributed by atoms with E-state index >= 15 is 0 Å². The third-order valence-corrected chi connectivity index (χ3v) is 8.88. The Kier molecular flexibility index (Phi) is 6.67. The molecule has 2 aliphatic carbocycles. The van der Waals surface area contributed by atoms with Crippen LogP contribution in [0.4, 0.5) is 0 Å². The first-order valence-electron chi connectivity index (χ1n) is 8.75. The molecule has 26 heavy (non-hydrogen) atoms. The fourth-order valence-corrected chi connectivity index (χ4v) is 6.73. The molecule has 133 valence electrons. The van der Waals surface area contributed by atoms with E-state index < -0.39 is 8.07 Å². The summed E-state index contributed by atoms with van der Waals surface area (Å²) in [4.78, 5) is 0. The number of halogens is 2. The SMILES string of the molecule is CC1C=C([Si](C)(C)C)C=C1c1cccc2c1[CH]([Zr+2])c1ccccc1-2.[Cl-].[Cl-]. The van der Waals surface area contributed by atoms with Gasteiger partial charge >= 0.3 is 162 Å². The average molecular weight is 478 g/mol. The van der Waals surface area contributed by atoms with Crippen LogP contribution < -0.4 is 24.8 Å². The van der Waals surface area contributed by atoms with Crippen LogP contribution in [-0.4, -0.2) is 8.07 Å². The fourth-order valence-electron chi connectivity index (χ4n) is 4.01. The minimum Gasteiger partial charge on any atom is -1.00 e. The molecule has 4 rings (SSSR count). The maximum absolute atomic E-state index is 2.51. The van der Waals surface area contributed by atoms with E-state index in [4.69, 9.17) is 0 Å². The van der Waals surface area contributed by atoms with Gasteiger partial charge < -0.3 is 24.8 Å². The van der Waals surface area contributed by atoms with E-state index in [-0.39, 0.29) is 24.8 Å². The Morgan fingerprint density at radius 3 is 2.12 bits per heavy atom. The van der Waals surface area contributed by atoms with E-state index in [9.17, 15) is 0 Å². The summed E-state index contributed by atoms with van der Waals surface area (Å²) in [7, 11) is -1.26. The molecule has 0 nitrogen and oxygen atoms in total. The second kappa shape index (κ2) is 7.92. The molecule has 0 aliphatic heterocycles. The number of rotatable bonds is 2. The minimum atomic E-state index is -1.26. The van der Waals surface area contributed by atoms with Gasteiger partial charge in [-0.3, -0.25) is 0 Å². The zero-order valence-corrected chi connectivity index (χ0v) is 20.6. The number of hydrogen-bond acceptors (Lipinski definition) is 0. The summed E-state index contributed by atoms with van der Waals surface area (Å²) >= 11 is 1.59. The Hall–Kier alpha value is -0.400. The topological polar surface area (TPSA) is 0 Å². The summed E-state index contributed by atoms with van der Waals surface area (Å²) in [6.07, 6.45) is 5.03.